The molecule has 0 unspecified atom stereocenters. The number of hydrogen-bond donors (Lipinski definition) is 1. The Morgan fingerprint density at radius 1 is 1.35 bits per heavy atom. The lowest BCUT2D eigenvalue weighted by Gasteiger charge is -2.18. The van der Waals surface area contributed by atoms with Crippen LogP contribution in [0.5, 0.6) is 0 Å². The molecule has 0 aliphatic carbocycles. The molecule has 23 heavy (non-hydrogen) atoms. The van der Waals surface area contributed by atoms with E-state index in [2.05, 4.69) is 4.98 Å². The average molecular weight is 338 g/mol. The van der Waals surface area contributed by atoms with E-state index in [0.717, 1.165) is 11.8 Å². The number of hydrogen-bond acceptors (Lipinski definition) is 4. The third-order valence-corrected chi connectivity index (χ3v) is 6.21. The van der Waals surface area contributed by atoms with Gasteiger partial charge in [-0.25, -0.2) is 17.8 Å². The normalized spacial score (nSPS) is 22.6. The zero-order valence-corrected chi connectivity index (χ0v) is 13.8. The molecule has 0 amide bonds. The van der Waals surface area contributed by atoms with Crippen LogP contribution >= 0.6 is 0 Å². The Morgan fingerprint density at radius 2 is 2.09 bits per heavy atom. The largest absolute Gasteiger partial charge is 0.340 e. The van der Waals surface area contributed by atoms with Crippen LogP contribution in [0.2, 0.25) is 0 Å². The van der Waals surface area contributed by atoms with Crippen molar-refractivity contribution in [3.63, 3.8) is 0 Å². The van der Waals surface area contributed by atoms with Crippen molar-refractivity contribution >= 4 is 10.0 Å². The first-order valence-corrected chi connectivity index (χ1v) is 8.73. The summed E-state index contributed by atoms with van der Waals surface area (Å²) < 4.78 is 42.7. The van der Waals surface area contributed by atoms with Gasteiger partial charge in [0.05, 0.1) is 12.0 Å². The summed E-state index contributed by atoms with van der Waals surface area (Å²) in [7, 11) is -2.08. The molecule has 6 nitrogen and oxygen atoms in total. The molecule has 2 heterocycles. The van der Waals surface area contributed by atoms with Gasteiger partial charge < -0.3 is 10.3 Å². The van der Waals surface area contributed by atoms with Gasteiger partial charge in [-0.3, -0.25) is 0 Å². The lowest BCUT2D eigenvalue weighted by Crippen LogP contribution is -2.33. The van der Waals surface area contributed by atoms with Crippen molar-refractivity contribution in [2.24, 2.45) is 12.8 Å². The predicted octanol–water partition coefficient (Wildman–Crippen LogP) is 0.983. The average Bonchev–Trinajstić information content (AvgIpc) is 3.04. The van der Waals surface area contributed by atoms with Crippen molar-refractivity contribution in [2.45, 2.75) is 23.8 Å². The summed E-state index contributed by atoms with van der Waals surface area (Å²) >= 11 is 0. The highest BCUT2D eigenvalue weighted by atomic mass is 32.2. The molecule has 1 aromatic heterocycles. The maximum Gasteiger partial charge on any atom is 0.246 e. The molecule has 1 aliphatic heterocycles. The minimum atomic E-state index is -3.92. The van der Waals surface area contributed by atoms with Crippen molar-refractivity contribution in [1.82, 2.24) is 13.9 Å². The number of benzene rings is 1. The van der Waals surface area contributed by atoms with E-state index in [9.17, 15) is 12.8 Å². The first-order valence-electron chi connectivity index (χ1n) is 7.29. The Kier molecular flexibility index (Phi) is 3.99. The summed E-state index contributed by atoms with van der Waals surface area (Å²) in [6.07, 6.45) is 3.48. The van der Waals surface area contributed by atoms with E-state index in [-0.39, 0.29) is 29.9 Å². The molecule has 2 atom stereocenters. The second-order valence-corrected chi connectivity index (χ2v) is 7.82. The van der Waals surface area contributed by atoms with E-state index in [4.69, 9.17) is 5.73 Å². The fourth-order valence-corrected chi connectivity index (χ4v) is 4.77. The summed E-state index contributed by atoms with van der Waals surface area (Å²) in [5.41, 5.74) is 7.25. The molecular formula is C15H19FN4O2S. The van der Waals surface area contributed by atoms with Crippen molar-refractivity contribution in [2.75, 3.05) is 13.1 Å². The quantitative estimate of drug-likeness (QED) is 0.905. The van der Waals surface area contributed by atoms with Crippen LogP contribution in [-0.4, -0.2) is 41.4 Å². The third-order valence-electron chi connectivity index (χ3n) is 4.20. The van der Waals surface area contributed by atoms with Gasteiger partial charge in [-0.1, -0.05) is 12.1 Å². The SMILES string of the molecule is Cc1cccc(F)c1S(=O)(=O)N1C[C@@H](N)[C@H](c2cn(C)cn2)C1. The fourth-order valence-electron chi connectivity index (χ4n) is 3.00. The fraction of sp³-hybridized carbons (Fsp3) is 0.400. The number of aromatic nitrogens is 2. The van der Waals surface area contributed by atoms with Gasteiger partial charge in [0.1, 0.15) is 10.7 Å². The highest BCUT2D eigenvalue weighted by Gasteiger charge is 2.40. The van der Waals surface area contributed by atoms with E-state index >= 15 is 0 Å². The van der Waals surface area contributed by atoms with E-state index < -0.39 is 15.8 Å². The maximum atomic E-state index is 14.1. The number of nitrogens with zero attached hydrogens (tertiary/aromatic N) is 3. The highest BCUT2D eigenvalue weighted by molar-refractivity contribution is 7.89. The topological polar surface area (TPSA) is 81.2 Å². The zero-order chi connectivity index (χ0) is 16.8. The zero-order valence-electron chi connectivity index (χ0n) is 13.0. The van der Waals surface area contributed by atoms with E-state index in [1.54, 1.807) is 23.9 Å². The number of imidazole rings is 1. The highest BCUT2D eigenvalue weighted by Crippen LogP contribution is 2.31. The monoisotopic (exact) mass is 338 g/mol. The molecule has 1 aromatic carbocycles. The predicted molar refractivity (Wildman–Crippen MR) is 83.8 cm³/mol. The molecule has 3 rings (SSSR count). The summed E-state index contributed by atoms with van der Waals surface area (Å²) in [6.45, 7) is 1.94. The molecule has 1 saturated heterocycles. The first kappa shape index (κ1) is 16.1. The number of rotatable bonds is 3. The molecule has 0 bridgehead atoms. The molecule has 2 aromatic rings. The van der Waals surface area contributed by atoms with Gasteiger partial charge in [-0.2, -0.15) is 4.31 Å². The van der Waals surface area contributed by atoms with Gasteiger partial charge in [0.2, 0.25) is 10.0 Å². The molecule has 8 heteroatoms. The van der Waals surface area contributed by atoms with Crippen LogP contribution in [0.15, 0.2) is 35.6 Å². The Bertz CT molecular complexity index is 814. The van der Waals surface area contributed by atoms with Crippen LogP contribution in [0.25, 0.3) is 0 Å². The van der Waals surface area contributed by atoms with Crippen LogP contribution in [0.1, 0.15) is 17.2 Å². The summed E-state index contributed by atoms with van der Waals surface area (Å²) in [5.74, 6) is -0.932. The smallest absolute Gasteiger partial charge is 0.246 e. The van der Waals surface area contributed by atoms with Crippen molar-refractivity contribution in [3.05, 3.63) is 47.8 Å². The second-order valence-electron chi connectivity index (χ2n) is 5.94. The first-order chi connectivity index (χ1) is 10.8. The van der Waals surface area contributed by atoms with Crippen LogP contribution in [-0.2, 0) is 17.1 Å². The van der Waals surface area contributed by atoms with Crippen molar-refractivity contribution < 1.29 is 12.8 Å². The van der Waals surface area contributed by atoms with Crippen molar-refractivity contribution in [3.8, 4) is 0 Å². The Hall–Kier alpha value is -1.77. The van der Waals surface area contributed by atoms with Crippen molar-refractivity contribution in [1.29, 1.82) is 0 Å². The minimum absolute atomic E-state index is 0.150. The second kappa shape index (κ2) is 5.70. The molecule has 0 radical (unpaired) electrons. The van der Waals surface area contributed by atoms with Crippen LogP contribution in [0, 0.1) is 12.7 Å². The van der Waals surface area contributed by atoms with Gasteiger partial charge in [0.15, 0.2) is 0 Å². The van der Waals surface area contributed by atoms with Gasteiger partial charge in [0, 0.05) is 38.3 Å². The number of nitrogens with two attached hydrogens (primary N) is 1. The third kappa shape index (κ3) is 2.77. The molecule has 0 saturated carbocycles. The van der Waals surface area contributed by atoms with E-state index in [0.29, 0.717) is 5.56 Å². The van der Waals surface area contributed by atoms with E-state index in [1.165, 1.54) is 10.4 Å². The van der Waals surface area contributed by atoms with Crippen LogP contribution in [0.4, 0.5) is 4.39 Å². The standard InChI is InChI=1S/C15H19FN4O2S/c1-10-4-3-5-12(16)15(10)23(21,22)20-6-11(13(17)7-20)14-8-19(2)9-18-14/h3-5,8-9,11,13H,6-7,17H2,1-2H3/t11-,13-/m1/s1. The molecule has 0 spiro atoms. The van der Waals surface area contributed by atoms with Gasteiger partial charge in [-0.05, 0) is 18.6 Å². The van der Waals surface area contributed by atoms with Gasteiger partial charge in [0.25, 0.3) is 0 Å². The Labute approximate surface area is 134 Å². The van der Waals surface area contributed by atoms with E-state index in [1.807, 2.05) is 13.2 Å². The molecule has 2 N–H and O–H groups in total. The lowest BCUT2D eigenvalue weighted by molar-refractivity contribution is 0.462. The summed E-state index contributed by atoms with van der Waals surface area (Å²) in [6, 6.07) is 3.87. The van der Waals surface area contributed by atoms with Crippen LogP contribution in [0.3, 0.4) is 0 Å². The van der Waals surface area contributed by atoms with Crippen LogP contribution < -0.4 is 5.73 Å². The number of sulfonamides is 1. The molecular weight excluding hydrogens is 319 g/mol. The molecule has 1 fully saturated rings. The number of halogens is 1. The Morgan fingerprint density at radius 3 is 2.70 bits per heavy atom. The summed E-state index contributed by atoms with van der Waals surface area (Å²) in [5, 5.41) is 0. The molecule has 124 valence electrons. The molecule has 1 aliphatic rings. The number of aryl methyl sites for hydroxylation is 2. The lowest BCUT2D eigenvalue weighted by atomic mass is 10.0. The maximum absolute atomic E-state index is 14.1. The van der Waals surface area contributed by atoms with Gasteiger partial charge in [-0.15, -0.1) is 0 Å². The van der Waals surface area contributed by atoms with Gasteiger partial charge >= 0.3 is 0 Å². The minimum Gasteiger partial charge on any atom is -0.340 e. The Balaban J connectivity index is 1.93. The summed E-state index contributed by atoms with van der Waals surface area (Å²) in [4.78, 5) is 3.99.